The van der Waals surface area contributed by atoms with E-state index >= 15 is 0 Å². The van der Waals surface area contributed by atoms with E-state index in [4.69, 9.17) is 5.11 Å². The Labute approximate surface area is 66.7 Å². The molecular weight excluding hydrogens is 144 g/mol. The smallest absolute Gasteiger partial charge is 0.336 e. The van der Waals surface area contributed by atoms with Crippen LogP contribution in [0, 0.1) is 0 Å². The van der Waals surface area contributed by atoms with Gasteiger partial charge in [0.15, 0.2) is 0 Å². The van der Waals surface area contributed by atoms with Crippen molar-refractivity contribution >= 4 is 5.97 Å². The quantitative estimate of drug-likeness (QED) is 0.490. The van der Waals surface area contributed by atoms with Crippen LogP contribution in [0.4, 0.5) is 0 Å². The number of hydrogen-bond donors (Lipinski definition) is 1. The molecule has 3 nitrogen and oxygen atoms in total. The summed E-state index contributed by atoms with van der Waals surface area (Å²) in [5, 5.41) is 9.04. The van der Waals surface area contributed by atoms with E-state index < -0.39 is 12.1 Å². The minimum atomic E-state index is -0.751. The van der Waals surface area contributed by atoms with Crippen LogP contribution in [0.3, 0.4) is 0 Å². The van der Waals surface area contributed by atoms with E-state index in [9.17, 15) is 4.79 Å². The van der Waals surface area contributed by atoms with Crippen LogP contribution >= 0.6 is 0 Å². The minimum Gasteiger partial charge on any atom is -0.463 e. The summed E-state index contributed by atoms with van der Waals surface area (Å²) in [6, 6.07) is 0. The van der Waals surface area contributed by atoms with Gasteiger partial charge in [-0.15, -0.1) is 0 Å². The summed E-state index contributed by atoms with van der Waals surface area (Å²) in [5.74, 6) is -0.440. The van der Waals surface area contributed by atoms with E-state index in [2.05, 4.69) is 4.74 Å². The normalized spacial score (nSPS) is 14.4. The predicted octanol–water partition coefficient (Wildman–Crippen LogP) is 0.877. The molecule has 0 spiro atoms. The highest BCUT2D eigenvalue weighted by Crippen LogP contribution is 2.03. The molecule has 64 valence electrons. The summed E-state index contributed by atoms with van der Waals surface area (Å²) in [6.45, 7) is 5.29. The van der Waals surface area contributed by atoms with E-state index in [1.807, 2.05) is 0 Å². The van der Waals surface area contributed by atoms with Crippen LogP contribution in [-0.2, 0) is 9.53 Å². The molecule has 0 aromatic heterocycles. The van der Waals surface area contributed by atoms with Crippen molar-refractivity contribution in [1.29, 1.82) is 0 Å². The van der Waals surface area contributed by atoms with Crippen molar-refractivity contribution < 1.29 is 14.6 Å². The maximum Gasteiger partial charge on any atom is 0.336 e. The van der Waals surface area contributed by atoms with E-state index in [0.717, 1.165) is 0 Å². The lowest BCUT2D eigenvalue weighted by Gasteiger charge is -2.07. The topological polar surface area (TPSA) is 46.5 Å². The molecule has 11 heavy (non-hydrogen) atoms. The van der Waals surface area contributed by atoms with Crippen molar-refractivity contribution in [3.8, 4) is 0 Å². The van der Waals surface area contributed by atoms with Gasteiger partial charge in [0.1, 0.15) is 0 Å². The zero-order valence-electron chi connectivity index (χ0n) is 7.13. The van der Waals surface area contributed by atoms with Gasteiger partial charge >= 0.3 is 5.97 Å². The van der Waals surface area contributed by atoms with Gasteiger partial charge in [-0.1, -0.05) is 6.08 Å². The second-order valence-electron chi connectivity index (χ2n) is 2.14. The van der Waals surface area contributed by atoms with E-state index in [1.165, 1.54) is 6.92 Å². The fourth-order valence-corrected chi connectivity index (χ4v) is 0.744. The molecule has 0 aromatic rings. The highest BCUT2D eigenvalue weighted by molar-refractivity contribution is 5.89. The van der Waals surface area contributed by atoms with Crippen LogP contribution in [0.15, 0.2) is 11.6 Å². The molecule has 0 heterocycles. The molecule has 0 aliphatic rings. The second-order valence-corrected chi connectivity index (χ2v) is 2.14. The molecule has 0 bridgehead atoms. The zero-order chi connectivity index (χ0) is 8.85. The number of esters is 1. The van der Waals surface area contributed by atoms with Gasteiger partial charge in [-0.25, -0.2) is 4.79 Å². The van der Waals surface area contributed by atoms with E-state index in [0.29, 0.717) is 12.2 Å². The van der Waals surface area contributed by atoms with Gasteiger partial charge in [0.2, 0.25) is 0 Å². The van der Waals surface area contributed by atoms with Gasteiger partial charge in [-0.05, 0) is 20.8 Å². The van der Waals surface area contributed by atoms with Crippen molar-refractivity contribution in [2.45, 2.75) is 26.9 Å². The summed E-state index contributed by atoms with van der Waals surface area (Å²) < 4.78 is 4.69. The van der Waals surface area contributed by atoms with Crippen LogP contribution in [-0.4, -0.2) is 23.8 Å². The van der Waals surface area contributed by atoms with Gasteiger partial charge < -0.3 is 9.84 Å². The number of ether oxygens (including phenoxy) is 1. The van der Waals surface area contributed by atoms with Crippen LogP contribution in [0.1, 0.15) is 20.8 Å². The number of aliphatic hydroxyl groups excluding tert-OH is 1. The summed E-state index contributed by atoms with van der Waals surface area (Å²) in [5.41, 5.74) is 0.312. The summed E-state index contributed by atoms with van der Waals surface area (Å²) >= 11 is 0. The number of aliphatic hydroxyl groups is 1. The first-order valence-corrected chi connectivity index (χ1v) is 3.64. The van der Waals surface area contributed by atoms with E-state index in [1.54, 1.807) is 19.9 Å². The molecule has 0 amide bonds. The van der Waals surface area contributed by atoms with Gasteiger partial charge in [0.25, 0.3) is 0 Å². The lowest BCUT2D eigenvalue weighted by molar-refractivity contribution is -0.139. The Kier molecular flexibility index (Phi) is 4.54. The highest BCUT2D eigenvalue weighted by atomic mass is 16.5. The monoisotopic (exact) mass is 158 g/mol. The number of allylic oxidation sites excluding steroid dienone is 1. The molecule has 0 aliphatic carbocycles. The molecule has 0 fully saturated rings. The number of carbonyl (C=O) groups is 1. The number of rotatable bonds is 3. The average molecular weight is 158 g/mol. The molecule has 0 radical (unpaired) electrons. The zero-order valence-corrected chi connectivity index (χ0v) is 7.13. The van der Waals surface area contributed by atoms with Gasteiger partial charge in [0.05, 0.1) is 18.3 Å². The van der Waals surface area contributed by atoms with E-state index in [-0.39, 0.29) is 0 Å². The second kappa shape index (κ2) is 4.91. The minimum absolute atomic E-state index is 0.312. The summed E-state index contributed by atoms with van der Waals surface area (Å²) in [7, 11) is 0. The van der Waals surface area contributed by atoms with Crippen molar-refractivity contribution in [3.63, 3.8) is 0 Å². The lowest BCUT2D eigenvalue weighted by Crippen LogP contribution is -2.17. The molecule has 0 saturated heterocycles. The third-order valence-corrected chi connectivity index (χ3v) is 1.27. The Morgan fingerprint density at radius 2 is 2.27 bits per heavy atom. The third kappa shape index (κ3) is 3.18. The molecule has 1 atom stereocenters. The van der Waals surface area contributed by atoms with Gasteiger partial charge in [-0.2, -0.15) is 0 Å². The maximum atomic E-state index is 11.0. The largest absolute Gasteiger partial charge is 0.463 e. The van der Waals surface area contributed by atoms with Crippen molar-refractivity contribution in [2.75, 3.05) is 6.61 Å². The average Bonchev–Trinajstić information content (AvgIpc) is 1.88. The standard InChI is InChI=1S/C8H14O3/c1-4-7(6(3)9)8(10)11-5-2/h4,6,9H,5H2,1-3H3. The fraction of sp³-hybridized carbons (Fsp3) is 0.625. The Hall–Kier alpha value is -0.830. The summed E-state index contributed by atoms with van der Waals surface area (Å²) in [4.78, 5) is 11.0. The molecule has 0 aliphatic heterocycles. The number of hydrogen-bond acceptors (Lipinski definition) is 3. The maximum absolute atomic E-state index is 11.0. The van der Waals surface area contributed by atoms with Crippen molar-refractivity contribution in [3.05, 3.63) is 11.6 Å². The SMILES string of the molecule is CC=C(C(=O)OCC)C(C)O. The Morgan fingerprint density at radius 3 is 2.55 bits per heavy atom. The van der Waals surface area contributed by atoms with Gasteiger partial charge in [-0.3, -0.25) is 0 Å². The molecule has 0 aromatic carbocycles. The molecular formula is C8H14O3. The molecule has 3 heteroatoms. The van der Waals surface area contributed by atoms with Crippen LogP contribution in [0.25, 0.3) is 0 Å². The predicted molar refractivity (Wildman–Crippen MR) is 42.1 cm³/mol. The third-order valence-electron chi connectivity index (χ3n) is 1.27. The molecule has 1 N–H and O–H groups in total. The molecule has 0 rings (SSSR count). The Bertz CT molecular complexity index is 159. The number of carbonyl (C=O) groups excluding carboxylic acids is 1. The first kappa shape index (κ1) is 10.2. The van der Waals surface area contributed by atoms with Gasteiger partial charge in [0, 0.05) is 0 Å². The highest BCUT2D eigenvalue weighted by Gasteiger charge is 2.13. The van der Waals surface area contributed by atoms with Crippen LogP contribution in [0.2, 0.25) is 0 Å². The van der Waals surface area contributed by atoms with Crippen LogP contribution in [0.5, 0.6) is 0 Å². The van der Waals surface area contributed by atoms with Crippen LogP contribution < -0.4 is 0 Å². The first-order valence-electron chi connectivity index (χ1n) is 3.64. The van der Waals surface area contributed by atoms with Crippen molar-refractivity contribution in [1.82, 2.24) is 0 Å². The summed E-state index contributed by atoms with van der Waals surface area (Å²) in [6.07, 6.45) is 0.807. The first-order chi connectivity index (χ1) is 5.13. The fourth-order valence-electron chi connectivity index (χ4n) is 0.744. The Morgan fingerprint density at radius 1 is 1.73 bits per heavy atom. The molecule has 0 saturated carbocycles. The van der Waals surface area contributed by atoms with Crippen molar-refractivity contribution in [2.24, 2.45) is 0 Å². The lowest BCUT2D eigenvalue weighted by atomic mass is 10.1. The Balaban J connectivity index is 4.17. The molecule has 1 unspecified atom stereocenters.